The fraction of sp³-hybridized carbons (Fsp3) is 0.533. The number of nitrogens with zero attached hydrogens (tertiary/aromatic N) is 1. The number of hydrogen-bond donors (Lipinski definition) is 3. The molecule has 0 bridgehead atoms. The van der Waals surface area contributed by atoms with Gasteiger partial charge in [-0.25, -0.2) is 18.1 Å². The van der Waals surface area contributed by atoms with Crippen LogP contribution in [0.2, 0.25) is 0 Å². The highest BCUT2D eigenvalue weighted by Gasteiger charge is 2.28. The highest BCUT2D eigenvalue weighted by Crippen LogP contribution is 2.19. The van der Waals surface area contributed by atoms with Gasteiger partial charge < -0.3 is 15.4 Å². The molecule has 156 valence electrons. The molecule has 0 aliphatic rings. The van der Waals surface area contributed by atoms with Crippen LogP contribution in [0.3, 0.4) is 0 Å². The van der Waals surface area contributed by atoms with Gasteiger partial charge in [0.1, 0.15) is 5.75 Å². The van der Waals surface area contributed by atoms with Gasteiger partial charge in [0, 0.05) is 19.6 Å². The number of rotatable bonds is 9. The summed E-state index contributed by atoms with van der Waals surface area (Å²) in [6, 6.07) is 6.16. The third-order valence-electron chi connectivity index (χ3n) is 2.87. The van der Waals surface area contributed by atoms with Crippen LogP contribution in [0.15, 0.2) is 29.3 Å². The molecule has 27 heavy (non-hydrogen) atoms. The van der Waals surface area contributed by atoms with E-state index in [1.165, 1.54) is 12.1 Å². The van der Waals surface area contributed by atoms with Gasteiger partial charge in [0.25, 0.3) is 0 Å². The molecule has 1 aromatic carbocycles. The zero-order valence-corrected chi connectivity index (χ0v) is 18.1. The summed E-state index contributed by atoms with van der Waals surface area (Å²) in [5, 5.41) is 5.98. The second-order valence-corrected chi connectivity index (χ2v) is 7.17. The van der Waals surface area contributed by atoms with Crippen molar-refractivity contribution in [1.82, 2.24) is 15.4 Å². The second kappa shape index (κ2) is 12.2. The van der Waals surface area contributed by atoms with Crippen LogP contribution in [0.1, 0.15) is 12.5 Å². The quantitative estimate of drug-likeness (QED) is 0.199. The van der Waals surface area contributed by atoms with Crippen molar-refractivity contribution in [2.24, 2.45) is 4.99 Å². The fourth-order valence-corrected chi connectivity index (χ4v) is 2.26. The van der Waals surface area contributed by atoms with Crippen LogP contribution in [-0.2, 0) is 16.6 Å². The Kier molecular flexibility index (Phi) is 11.7. The van der Waals surface area contributed by atoms with Crippen LogP contribution in [0, 0.1) is 0 Å². The predicted octanol–water partition coefficient (Wildman–Crippen LogP) is 1.85. The zero-order valence-electron chi connectivity index (χ0n) is 15.0. The highest BCUT2D eigenvalue weighted by atomic mass is 127. The Labute approximate surface area is 174 Å². The monoisotopic (exact) mass is 524 g/mol. The average molecular weight is 524 g/mol. The van der Waals surface area contributed by atoms with E-state index in [9.17, 15) is 21.6 Å². The Morgan fingerprint density at radius 2 is 1.78 bits per heavy atom. The van der Waals surface area contributed by atoms with E-state index < -0.39 is 22.8 Å². The summed E-state index contributed by atoms with van der Waals surface area (Å²) in [4.78, 5) is 4.33. The van der Waals surface area contributed by atoms with Crippen molar-refractivity contribution in [2.75, 3.05) is 32.5 Å². The molecule has 0 fully saturated rings. The van der Waals surface area contributed by atoms with Crippen molar-refractivity contribution < 1.29 is 26.3 Å². The van der Waals surface area contributed by atoms with Gasteiger partial charge >= 0.3 is 6.18 Å². The van der Waals surface area contributed by atoms with Gasteiger partial charge in [-0.3, -0.25) is 0 Å². The lowest BCUT2D eigenvalue weighted by Gasteiger charge is -2.12. The molecule has 12 heteroatoms. The summed E-state index contributed by atoms with van der Waals surface area (Å²) >= 11 is 0. The van der Waals surface area contributed by atoms with E-state index in [1.807, 2.05) is 6.92 Å². The number of nitrogens with one attached hydrogen (secondary N) is 3. The number of benzene rings is 1. The largest absolute Gasteiger partial charge is 0.484 e. The molecule has 1 rings (SSSR count). The molecule has 0 saturated carbocycles. The van der Waals surface area contributed by atoms with Crippen molar-refractivity contribution in [3.63, 3.8) is 0 Å². The molecular formula is C15H24F3IN4O3S. The minimum Gasteiger partial charge on any atom is -0.484 e. The maximum Gasteiger partial charge on any atom is 0.422 e. The maximum atomic E-state index is 12.1. The number of guanidine groups is 1. The summed E-state index contributed by atoms with van der Waals surface area (Å²) < 4.78 is 65.3. The summed E-state index contributed by atoms with van der Waals surface area (Å²) in [7, 11) is -3.24. The lowest BCUT2D eigenvalue weighted by atomic mass is 10.2. The van der Waals surface area contributed by atoms with Gasteiger partial charge in [0.15, 0.2) is 12.6 Å². The number of ether oxygens (including phenoxy) is 1. The molecule has 0 spiro atoms. The molecule has 0 unspecified atom stereocenters. The molecule has 7 nitrogen and oxygen atoms in total. The second-order valence-electron chi connectivity index (χ2n) is 5.34. The van der Waals surface area contributed by atoms with E-state index in [-0.39, 0.29) is 36.3 Å². The Hall–Kier alpha value is -1.28. The van der Waals surface area contributed by atoms with Crippen LogP contribution >= 0.6 is 24.0 Å². The van der Waals surface area contributed by atoms with Crippen LogP contribution in [-0.4, -0.2) is 53.1 Å². The minimum absolute atomic E-state index is 0. The standard InChI is InChI=1S/C15H23F3N4O3S.HI/c1-3-19-14(20-8-9-22-26(2,23)24)21-10-12-4-6-13(7-5-12)25-11-15(16,17)18;/h4-7,22H,3,8-11H2,1-2H3,(H2,19,20,21);1H. The van der Waals surface area contributed by atoms with E-state index in [4.69, 9.17) is 0 Å². The number of alkyl halides is 3. The first-order valence-corrected chi connectivity index (χ1v) is 9.73. The molecule has 0 amide bonds. The van der Waals surface area contributed by atoms with Crippen molar-refractivity contribution in [2.45, 2.75) is 19.6 Å². The van der Waals surface area contributed by atoms with Crippen molar-refractivity contribution >= 4 is 40.0 Å². The fourth-order valence-electron chi connectivity index (χ4n) is 1.79. The SMILES string of the molecule is CCNC(=NCc1ccc(OCC(F)(F)F)cc1)NCCNS(C)(=O)=O.I. The smallest absolute Gasteiger partial charge is 0.422 e. The normalized spacial score (nSPS) is 12.3. The summed E-state index contributed by atoms with van der Waals surface area (Å²) in [5.41, 5.74) is 0.788. The number of hydrogen-bond acceptors (Lipinski definition) is 4. The lowest BCUT2D eigenvalue weighted by molar-refractivity contribution is -0.153. The van der Waals surface area contributed by atoms with Crippen LogP contribution < -0.4 is 20.1 Å². The molecule has 0 atom stereocenters. The number of sulfonamides is 1. The molecule has 1 aromatic rings. The first kappa shape index (κ1) is 25.7. The topological polar surface area (TPSA) is 91.8 Å². The predicted molar refractivity (Wildman–Crippen MR) is 109 cm³/mol. The molecule has 0 saturated heterocycles. The van der Waals surface area contributed by atoms with E-state index >= 15 is 0 Å². The van der Waals surface area contributed by atoms with Crippen LogP contribution in [0.4, 0.5) is 13.2 Å². The van der Waals surface area contributed by atoms with Gasteiger partial charge in [-0.05, 0) is 24.6 Å². The minimum atomic E-state index is -4.37. The molecule has 3 N–H and O–H groups in total. The molecule has 0 aromatic heterocycles. The first-order chi connectivity index (χ1) is 12.1. The Bertz CT molecular complexity index is 683. The highest BCUT2D eigenvalue weighted by molar-refractivity contribution is 14.0. The molecule has 0 radical (unpaired) electrons. The van der Waals surface area contributed by atoms with Crippen molar-refractivity contribution in [3.05, 3.63) is 29.8 Å². The Balaban J connectivity index is 0.00000676. The van der Waals surface area contributed by atoms with Gasteiger partial charge in [-0.15, -0.1) is 24.0 Å². The molecule has 0 heterocycles. The molecular weight excluding hydrogens is 500 g/mol. The first-order valence-electron chi connectivity index (χ1n) is 7.84. The third kappa shape index (κ3) is 13.5. The summed E-state index contributed by atoms with van der Waals surface area (Å²) in [6.45, 7) is 2.04. The summed E-state index contributed by atoms with van der Waals surface area (Å²) in [6.07, 6.45) is -3.30. The maximum absolute atomic E-state index is 12.1. The lowest BCUT2D eigenvalue weighted by Crippen LogP contribution is -2.41. The third-order valence-corrected chi connectivity index (χ3v) is 3.60. The van der Waals surface area contributed by atoms with E-state index in [1.54, 1.807) is 12.1 Å². The van der Waals surface area contributed by atoms with E-state index in [2.05, 4.69) is 25.1 Å². The van der Waals surface area contributed by atoms with Crippen molar-refractivity contribution in [1.29, 1.82) is 0 Å². The van der Waals surface area contributed by atoms with Crippen molar-refractivity contribution in [3.8, 4) is 5.75 Å². The van der Waals surface area contributed by atoms with E-state index in [0.717, 1.165) is 11.8 Å². The van der Waals surface area contributed by atoms with E-state index in [0.29, 0.717) is 25.6 Å². The Morgan fingerprint density at radius 1 is 1.15 bits per heavy atom. The average Bonchev–Trinajstić information content (AvgIpc) is 2.54. The zero-order chi connectivity index (χ0) is 19.6. The van der Waals surface area contributed by atoms with Gasteiger partial charge in [0.05, 0.1) is 12.8 Å². The van der Waals surface area contributed by atoms with Gasteiger partial charge in [-0.2, -0.15) is 13.2 Å². The summed E-state index contributed by atoms with van der Waals surface area (Å²) in [5.74, 6) is 0.632. The molecule has 0 aliphatic heterocycles. The van der Waals surface area contributed by atoms with Gasteiger partial charge in [-0.1, -0.05) is 12.1 Å². The van der Waals surface area contributed by atoms with Gasteiger partial charge in [0.2, 0.25) is 10.0 Å². The number of aliphatic imine (C=N–C) groups is 1. The molecule has 0 aliphatic carbocycles. The van der Waals surface area contributed by atoms with Crippen LogP contribution in [0.25, 0.3) is 0 Å². The number of halogens is 4. The van der Waals surface area contributed by atoms with Crippen LogP contribution in [0.5, 0.6) is 5.75 Å². The Morgan fingerprint density at radius 3 is 2.30 bits per heavy atom.